The van der Waals surface area contributed by atoms with Crippen LogP contribution in [0.1, 0.15) is 74.2 Å². The summed E-state index contributed by atoms with van der Waals surface area (Å²) in [5.41, 5.74) is 8.51. The van der Waals surface area contributed by atoms with Crippen LogP contribution in [-0.4, -0.2) is 19.5 Å². The highest BCUT2D eigenvalue weighted by Gasteiger charge is 2.35. The van der Waals surface area contributed by atoms with E-state index in [1.165, 1.54) is 28.8 Å². The fraction of sp³-hybridized carbons (Fsp3) is 0.333. The van der Waals surface area contributed by atoms with Crippen molar-refractivity contribution in [3.63, 3.8) is 0 Å². The molecule has 3 heterocycles. The van der Waals surface area contributed by atoms with Crippen LogP contribution in [0.2, 0.25) is 0 Å². The lowest BCUT2D eigenvalue weighted by Crippen LogP contribution is -2.27. The van der Waals surface area contributed by atoms with E-state index in [0.717, 1.165) is 36.9 Å². The third-order valence-electron chi connectivity index (χ3n) is 6.87. The zero-order chi connectivity index (χ0) is 24.4. The summed E-state index contributed by atoms with van der Waals surface area (Å²) >= 11 is 0. The van der Waals surface area contributed by atoms with Crippen molar-refractivity contribution < 1.29 is 8.78 Å². The van der Waals surface area contributed by atoms with E-state index in [0.29, 0.717) is 22.7 Å². The van der Waals surface area contributed by atoms with Crippen LogP contribution in [0, 0.1) is 11.6 Å². The lowest BCUT2D eigenvalue weighted by atomic mass is 10.0. The number of halogens is 2. The summed E-state index contributed by atoms with van der Waals surface area (Å²) in [6, 6.07) is 7.43. The third kappa shape index (κ3) is 3.59. The molecule has 0 spiro atoms. The van der Waals surface area contributed by atoms with Gasteiger partial charge in [-0.05, 0) is 67.3 Å². The lowest BCUT2D eigenvalue weighted by Gasteiger charge is -2.20. The highest BCUT2D eigenvalue weighted by molar-refractivity contribution is 5.85. The number of nitrogen functional groups attached to an aromatic ring is 1. The highest BCUT2D eigenvalue weighted by atomic mass is 19.1. The third-order valence-corrected chi connectivity index (χ3v) is 6.87. The molecule has 0 aliphatic heterocycles. The quantitative estimate of drug-likeness (QED) is 0.382. The second-order valence-corrected chi connectivity index (χ2v) is 9.85. The first-order valence-corrected chi connectivity index (χ1v) is 12.0. The van der Waals surface area contributed by atoms with Crippen molar-refractivity contribution in [3.05, 3.63) is 75.6 Å². The van der Waals surface area contributed by atoms with E-state index in [2.05, 4.69) is 15.0 Å². The van der Waals surface area contributed by atoms with Gasteiger partial charge in [0.2, 0.25) is 0 Å². The number of nitrogens with two attached hydrogens (primary N) is 1. The van der Waals surface area contributed by atoms with Crippen molar-refractivity contribution >= 4 is 16.7 Å². The van der Waals surface area contributed by atoms with Crippen molar-refractivity contribution in [1.82, 2.24) is 19.5 Å². The van der Waals surface area contributed by atoms with Gasteiger partial charge in [0.15, 0.2) is 5.65 Å². The minimum absolute atomic E-state index is 0.0708. The molecule has 8 heteroatoms. The number of anilines is 1. The summed E-state index contributed by atoms with van der Waals surface area (Å²) < 4.78 is 31.7. The van der Waals surface area contributed by atoms with E-state index in [1.807, 2.05) is 19.9 Å². The number of hydrogen-bond donors (Lipinski definition) is 1. The van der Waals surface area contributed by atoms with Crippen LogP contribution in [0.25, 0.3) is 28.0 Å². The Morgan fingerprint density at radius 3 is 2.43 bits per heavy atom. The fourth-order valence-electron chi connectivity index (χ4n) is 4.86. The molecule has 0 amide bonds. The van der Waals surface area contributed by atoms with E-state index in [-0.39, 0.29) is 34.4 Å². The van der Waals surface area contributed by atoms with Gasteiger partial charge in [0.05, 0.1) is 22.6 Å². The van der Waals surface area contributed by atoms with Gasteiger partial charge in [-0.3, -0.25) is 4.98 Å². The maximum absolute atomic E-state index is 15.5. The van der Waals surface area contributed by atoms with Crippen molar-refractivity contribution in [2.45, 2.75) is 57.3 Å². The normalized spacial score (nSPS) is 15.8. The predicted octanol–water partition coefficient (Wildman–Crippen LogP) is 5.58. The van der Waals surface area contributed by atoms with Crippen LogP contribution in [0.15, 0.2) is 41.3 Å². The zero-order valence-corrected chi connectivity index (χ0v) is 19.6. The summed E-state index contributed by atoms with van der Waals surface area (Å²) in [6.07, 6.45) is 5.86. The average Bonchev–Trinajstić information content (AvgIpc) is 3.72. The maximum atomic E-state index is 15.5. The molecular formula is C27H25F2N5O. The Hall–Kier alpha value is -3.68. The molecule has 2 fully saturated rings. The smallest absolute Gasteiger partial charge is 0.354 e. The van der Waals surface area contributed by atoms with Crippen molar-refractivity contribution in [1.29, 1.82) is 0 Å². The summed E-state index contributed by atoms with van der Waals surface area (Å²) in [5, 5.41) is 0.420. The Morgan fingerprint density at radius 2 is 1.77 bits per heavy atom. The number of fused-ring (bicyclic) bond motifs is 1. The largest absolute Gasteiger partial charge is 0.398 e. The van der Waals surface area contributed by atoms with Crippen LogP contribution in [0.3, 0.4) is 0 Å². The van der Waals surface area contributed by atoms with Gasteiger partial charge >= 0.3 is 5.69 Å². The molecular weight excluding hydrogens is 448 g/mol. The Bertz CT molecular complexity index is 1500. The van der Waals surface area contributed by atoms with Gasteiger partial charge in [-0.1, -0.05) is 19.9 Å². The van der Waals surface area contributed by atoms with Gasteiger partial charge < -0.3 is 5.73 Å². The molecule has 3 aromatic heterocycles. The van der Waals surface area contributed by atoms with E-state index in [4.69, 9.17) is 5.73 Å². The van der Waals surface area contributed by atoms with E-state index in [1.54, 1.807) is 6.20 Å². The van der Waals surface area contributed by atoms with Crippen LogP contribution < -0.4 is 11.4 Å². The first kappa shape index (κ1) is 21.8. The average molecular weight is 474 g/mol. The Balaban J connectivity index is 1.75. The number of aromatic nitrogens is 4. The number of pyridine rings is 2. The molecule has 35 heavy (non-hydrogen) atoms. The summed E-state index contributed by atoms with van der Waals surface area (Å²) in [6.45, 7) is 3.78. The second kappa shape index (κ2) is 7.93. The van der Waals surface area contributed by atoms with Crippen LogP contribution in [0.4, 0.5) is 14.5 Å². The number of rotatable bonds is 5. The topological polar surface area (TPSA) is 86.7 Å². The van der Waals surface area contributed by atoms with Crippen molar-refractivity contribution in [2.24, 2.45) is 0 Å². The van der Waals surface area contributed by atoms with Gasteiger partial charge in [-0.15, -0.1) is 0 Å². The standard InChI is InChI=1S/C27H25F2N5O/c1-13(2)22-17-12-19(29)24(21-18(28)4-3-5-20(21)30)32-26(17)34(27(35)33-22)25-16(14-6-7-14)10-11-31-23(25)15-8-9-15/h3-5,10-15H,6-9,30H2,1-2H3. The molecule has 0 bridgehead atoms. The van der Waals surface area contributed by atoms with E-state index < -0.39 is 17.3 Å². The monoisotopic (exact) mass is 473 g/mol. The van der Waals surface area contributed by atoms with Crippen LogP contribution in [-0.2, 0) is 0 Å². The molecule has 2 saturated carbocycles. The molecule has 2 N–H and O–H groups in total. The molecule has 6 rings (SSSR count). The molecule has 0 atom stereocenters. The number of nitrogens with zero attached hydrogens (tertiary/aromatic N) is 4. The van der Waals surface area contributed by atoms with Gasteiger partial charge in [0, 0.05) is 23.2 Å². The predicted molar refractivity (Wildman–Crippen MR) is 131 cm³/mol. The van der Waals surface area contributed by atoms with Crippen LogP contribution >= 0.6 is 0 Å². The molecule has 0 saturated heterocycles. The molecule has 6 nitrogen and oxygen atoms in total. The number of benzene rings is 1. The van der Waals surface area contributed by atoms with Crippen molar-refractivity contribution in [3.8, 4) is 16.9 Å². The molecule has 4 aromatic rings. The summed E-state index contributed by atoms with van der Waals surface area (Å²) in [5.74, 6) is -0.956. The SMILES string of the molecule is CC(C)c1nc(=O)n(-c2c(C3CC3)ccnc2C2CC2)c2nc(-c3c(N)cccc3F)c(F)cc12. The molecule has 2 aliphatic rings. The minimum Gasteiger partial charge on any atom is -0.398 e. The van der Waals surface area contributed by atoms with Gasteiger partial charge in [0.1, 0.15) is 17.3 Å². The second-order valence-electron chi connectivity index (χ2n) is 9.85. The molecule has 2 aliphatic carbocycles. The van der Waals surface area contributed by atoms with Gasteiger partial charge in [-0.25, -0.2) is 23.1 Å². The zero-order valence-electron chi connectivity index (χ0n) is 19.6. The summed E-state index contributed by atoms with van der Waals surface area (Å²) in [7, 11) is 0. The lowest BCUT2D eigenvalue weighted by molar-refractivity contribution is 0.613. The first-order chi connectivity index (χ1) is 16.8. The minimum atomic E-state index is -0.723. The molecule has 0 radical (unpaired) electrons. The van der Waals surface area contributed by atoms with E-state index >= 15 is 4.39 Å². The Kier molecular flexibility index (Phi) is 4.95. The van der Waals surface area contributed by atoms with Gasteiger partial charge in [0.25, 0.3) is 0 Å². The molecule has 0 unspecified atom stereocenters. The Labute approximate surface area is 200 Å². The molecule has 1 aromatic carbocycles. The first-order valence-electron chi connectivity index (χ1n) is 12.0. The summed E-state index contributed by atoms with van der Waals surface area (Å²) in [4.78, 5) is 27.2. The van der Waals surface area contributed by atoms with E-state index in [9.17, 15) is 9.18 Å². The van der Waals surface area contributed by atoms with Crippen molar-refractivity contribution in [2.75, 3.05) is 5.73 Å². The fourth-order valence-corrected chi connectivity index (χ4v) is 4.86. The highest BCUT2D eigenvalue weighted by Crippen LogP contribution is 2.48. The number of hydrogen-bond acceptors (Lipinski definition) is 5. The maximum Gasteiger partial charge on any atom is 0.354 e. The molecule has 178 valence electrons. The van der Waals surface area contributed by atoms with Crippen LogP contribution in [0.5, 0.6) is 0 Å². The van der Waals surface area contributed by atoms with Gasteiger partial charge in [-0.2, -0.15) is 4.98 Å². The Morgan fingerprint density at radius 1 is 1.03 bits per heavy atom.